The molecule has 4 unspecified atom stereocenters. The Kier molecular flexibility index (Phi) is 8.70. The first kappa shape index (κ1) is 27.9. The lowest BCUT2D eigenvalue weighted by atomic mass is 9.65. The molecule has 1 aliphatic carbocycles. The molecule has 0 radical (unpaired) electrons. The van der Waals surface area contributed by atoms with Crippen molar-refractivity contribution >= 4 is 39.1 Å². The third kappa shape index (κ3) is 6.23. The lowest BCUT2D eigenvalue weighted by Gasteiger charge is -2.47. The van der Waals surface area contributed by atoms with Gasteiger partial charge in [-0.1, -0.05) is 47.5 Å². The minimum atomic E-state index is -3.16. The molecule has 206 valence electrons. The molecule has 0 spiro atoms. The Hall–Kier alpha value is -1.64. The van der Waals surface area contributed by atoms with Crippen molar-refractivity contribution in [3.05, 3.63) is 69.7 Å². The molecule has 2 aromatic carbocycles. The molecular weight excluding hydrogens is 541 g/mol. The van der Waals surface area contributed by atoms with Crippen molar-refractivity contribution in [1.29, 1.82) is 0 Å². The van der Waals surface area contributed by atoms with E-state index < -0.39 is 10.0 Å². The van der Waals surface area contributed by atoms with E-state index in [1.807, 2.05) is 24.3 Å². The summed E-state index contributed by atoms with van der Waals surface area (Å²) in [7, 11) is -3.16. The van der Waals surface area contributed by atoms with Gasteiger partial charge in [0.15, 0.2) is 0 Å². The molecule has 9 heteroatoms. The highest BCUT2D eigenvalue weighted by molar-refractivity contribution is 7.89. The number of piperidine rings is 2. The van der Waals surface area contributed by atoms with Crippen LogP contribution in [-0.4, -0.2) is 55.6 Å². The Balaban J connectivity index is 1.34. The number of nitrogens with one attached hydrogen (secondary N) is 2. The summed E-state index contributed by atoms with van der Waals surface area (Å²) in [6, 6.07) is 16.8. The number of nitrogens with zero attached hydrogens (tertiary/aromatic N) is 1. The maximum absolute atomic E-state index is 12.7. The van der Waals surface area contributed by atoms with E-state index in [2.05, 4.69) is 34.9 Å². The molecule has 1 amide bonds. The first-order valence-electron chi connectivity index (χ1n) is 13.8. The van der Waals surface area contributed by atoms with Gasteiger partial charge in [-0.15, -0.1) is 0 Å². The number of benzene rings is 2. The number of amides is 1. The maximum Gasteiger partial charge on any atom is 0.221 e. The topological polar surface area (TPSA) is 78.5 Å². The summed E-state index contributed by atoms with van der Waals surface area (Å²) in [4.78, 5) is 12.7. The number of sulfonamides is 1. The third-order valence-electron chi connectivity index (χ3n) is 8.80. The lowest BCUT2D eigenvalue weighted by Crippen LogP contribution is -2.60. The predicted molar refractivity (Wildman–Crippen MR) is 153 cm³/mol. The third-order valence-corrected chi connectivity index (χ3v) is 11.2. The number of hydrogen-bond donors (Lipinski definition) is 2. The monoisotopic (exact) mass is 577 g/mol. The molecule has 3 aliphatic rings. The van der Waals surface area contributed by atoms with E-state index in [0.717, 1.165) is 42.1 Å². The number of carbonyl (C=O) groups is 1. The summed E-state index contributed by atoms with van der Waals surface area (Å²) in [5.41, 5.74) is 2.49. The van der Waals surface area contributed by atoms with E-state index in [1.54, 1.807) is 11.2 Å². The van der Waals surface area contributed by atoms with Crippen LogP contribution < -0.4 is 10.6 Å². The largest absolute Gasteiger partial charge is 0.353 e. The summed E-state index contributed by atoms with van der Waals surface area (Å²) >= 11 is 12.5. The SMILES string of the molecule is CCS(=O)(=O)N1CCC(NC2CC(=O)NC3CCC(C(c4ccc(Cl)cc4)c4ccc(Cl)cc4)CC32)CC1. The van der Waals surface area contributed by atoms with E-state index in [4.69, 9.17) is 23.2 Å². The van der Waals surface area contributed by atoms with Crippen LogP contribution in [0.25, 0.3) is 0 Å². The molecule has 4 atom stereocenters. The molecule has 0 bridgehead atoms. The molecule has 2 aliphatic heterocycles. The molecule has 1 saturated carbocycles. The van der Waals surface area contributed by atoms with Gasteiger partial charge in [0.25, 0.3) is 0 Å². The zero-order chi connectivity index (χ0) is 26.9. The fourth-order valence-electron chi connectivity index (χ4n) is 6.83. The van der Waals surface area contributed by atoms with Crippen molar-refractivity contribution in [3.8, 4) is 0 Å². The van der Waals surface area contributed by atoms with Gasteiger partial charge >= 0.3 is 0 Å². The standard InChI is InChI=1S/C29H37Cl2N3O3S/c1-2-38(36,37)34-15-13-24(14-16-34)32-27-18-28(35)33-26-12-7-21(17-25(26)27)29(19-3-8-22(30)9-4-19)20-5-10-23(31)11-6-20/h3-6,8-11,21,24-27,29,32H,2,7,12-18H2,1H3,(H,33,35). The predicted octanol–water partition coefficient (Wildman–Crippen LogP) is 5.20. The first-order valence-corrected chi connectivity index (χ1v) is 16.1. The Labute approximate surface area is 236 Å². The van der Waals surface area contributed by atoms with Gasteiger partial charge in [0.2, 0.25) is 15.9 Å². The van der Waals surface area contributed by atoms with Crippen LogP contribution in [0, 0.1) is 11.8 Å². The fourth-order valence-corrected chi connectivity index (χ4v) is 8.21. The second-order valence-electron chi connectivity index (χ2n) is 11.0. The number of hydrogen-bond acceptors (Lipinski definition) is 4. The number of rotatable bonds is 7. The van der Waals surface area contributed by atoms with E-state index in [9.17, 15) is 13.2 Å². The molecule has 38 heavy (non-hydrogen) atoms. The van der Waals surface area contributed by atoms with E-state index in [1.165, 1.54) is 11.1 Å². The van der Waals surface area contributed by atoms with Crippen molar-refractivity contribution in [2.75, 3.05) is 18.8 Å². The van der Waals surface area contributed by atoms with Crippen LogP contribution in [0.5, 0.6) is 0 Å². The van der Waals surface area contributed by atoms with Crippen molar-refractivity contribution in [3.63, 3.8) is 0 Å². The van der Waals surface area contributed by atoms with Gasteiger partial charge in [0.05, 0.1) is 5.75 Å². The van der Waals surface area contributed by atoms with E-state index in [-0.39, 0.29) is 35.7 Å². The average molecular weight is 579 g/mol. The van der Waals surface area contributed by atoms with Gasteiger partial charge in [-0.2, -0.15) is 0 Å². The lowest BCUT2D eigenvalue weighted by molar-refractivity contribution is -0.126. The van der Waals surface area contributed by atoms with Crippen LogP contribution in [-0.2, 0) is 14.8 Å². The minimum Gasteiger partial charge on any atom is -0.353 e. The summed E-state index contributed by atoms with van der Waals surface area (Å²) in [5, 5.41) is 8.54. The molecule has 2 saturated heterocycles. The summed E-state index contributed by atoms with van der Waals surface area (Å²) in [6.45, 7) is 2.78. The first-order chi connectivity index (χ1) is 18.2. The highest BCUT2D eigenvalue weighted by Crippen LogP contribution is 2.45. The zero-order valence-corrected chi connectivity index (χ0v) is 24.1. The maximum atomic E-state index is 12.7. The van der Waals surface area contributed by atoms with Crippen molar-refractivity contribution in [2.45, 2.75) is 69.5 Å². The van der Waals surface area contributed by atoms with Crippen LogP contribution in [0.15, 0.2) is 48.5 Å². The Morgan fingerprint density at radius 1 is 0.947 bits per heavy atom. The smallest absolute Gasteiger partial charge is 0.221 e. The van der Waals surface area contributed by atoms with Crippen molar-refractivity contribution < 1.29 is 13.2 Å². The summed E-state index contributed by atoms with van der Waals surface area (Å²) < 4.78 is 26.2. The van der Waals surface area contributed by atoms with Gasteiger partial charge < -0.3 is 10.6 Å². The van der Waals surface area contributed by atoms with Gasteiger partial charge in [0, 0.05) is 53.6 Å². The second kappa shape index (κ2) is 11.8. The Morgan fingerprint density at radius 2 is 1.53 bits per heavy atom. The normalized spacial score (nSPS) is 27.2. The van der Waals surface area contributed by atoms with Crippen molar-refractivity contribution in [2.24, 2.45) is 11.8 Å². The average Bonchev–Trinajstić information content (AvgIpc) is 2.91. The molecule has 2 N–H and O–H groups in total. The van der Waals surface area contributed by atoms with E-state index in [0.29, 0.717) is 31.3 Å². The highest BCUT2D eigenvalue weighted by atomic mass is 35.5. The molecule has 5 rings (SSSR count). The van der Waals surface area contributed by atoms with Gasteiger partial charge in [-0.25, -0.2) is 12.7 Å². The summed E-state index contributed by atoms with van der Waals surface area (Å²) in [5.74, 6) is 1.20. The van der Waals surface area contributed by atoms with Crippen LogP contribution in [0.3, 0.4) is 0 Å². The van der Waals surface area contributed by atoms with Crippen LogP contribution >= 0.6 is 23.2 Å². The fraction of sp³-hybridized carbons (Fsp3) is 0.552. The zero-order valence-electron chi connectivity index (χ0n) is 21.8. The molecule has 2 heterocycles. The van der Waals surface area contributed by atoms with Crippen molar-refractivity contribution in [1.82, 2.24) is 14.9 Å². The van der Waals surface area contributed by atoms with Gasteiger partial charge in [-0.3, -0.25) is 4.79 Å². The van der Waals surface area contributed by atoms with Crippen LogP contribution in [0.1, 0.15) is 62.5 Å². The number of halogens is 2. The van der Waals surface area contributed by atoms with Crippen LogP contribution in [0.2, 0.25) is 10.0 Å². The van der Waals surface area contributed by atoms with Crippen LogP contribution in [0.4, 0.5) is 0 Å². The number of fused-ring (bicyclic) bond motifs is 1. The molecule has 0 aromatic heterocycles. The number of carbonyl (C=O) groups excluding carboxylic acids is 1. The molecule has 3 fully saturated rings. The molecule has 2 aromatic rings. The Morgan fingerprint density at radius 3 is 2.08 bits per heavy atom. The summed E-state index contributed by atoms with van der Waals surface area (Å²) in [6.07, 6.45) is 4.99. The van der Waals surface area contributed by atoms with E-state index >= 15 is 0 Å². The quantitative estimate of drug-likeness (QED) is 0.474. The minimum absolute atomic E-state index is 0.0898. The second-order valence-corrected chi connectivity index (χ2v) is 14.2. The Bertz CT molecular complexity index is 1170. The highest BCUT2D eigenvalue weighted by Gasteiger charge is 2.44. The molecule has 6 nitrogen and oxygen atoms in total. The molecular formula is C29H37Cl2N3O3S. The van der Waals surface area contributed by atoms with Gasteiger partial charge in [0.1, 0.15) is 0 Å². The van der Waals surface area contributed by atoms with Gasteiger partial charge in [-0.05, 0) is 86.3 Å².